The van der Waals surface area contributed by atoms with Crippen LogP contribution in [0.1, 0.15) is 39.5 Å². The van der Waals surface area contributed by atoms with Gasteiger partial charge in [0.05, 0.1) is 10.8 Å². The average molecular weight is 452 g/mol. The van der Waals surface area contributed by atoms with Crippen LogP contribution >= 0.6 is 0 Å². The fourth-order valence-electron chi connectivity index (χ4n) is 3.98. The second-order valence-electron chi connectivity index (χ2n) is 8.33. The Kier molecular flexibility index (Phi) is 8.07. The molecule has 0 spiro atoms. The highest BCUT2D eigenvalue weighted by Gasteiger charge is 2.35. The lowest BCUT2D eigenvalue weighted by atomic mass is 10.0. The summed E-state index contributed by atoms with van der Waals surface area (Å²) in [5.74, 6) is -0.121. The number of sulfonamides is 1. The number of nitrogens with one attached hydrogen (secondary N) is 1. The number of hydrogen-bond acceptors (Lipinski definition) is 5. The molecule has 2 aliphatic heterocycles. The van der Waals surface area contributed by atoms with Crippen LogP contribution in [-0.4, -0.2) is 63.9 Å². The minimum Gasteiger partial charge on any atom is -0.382 e. The molecular formula is C22H33N3O5S. The Hall–Kier alpha value is -1.97. The van der Waals surface area contributed by atoms with Crippen LogP contribution < -0.4 is 10.2 Å². The monoisotopic (exact) mass is 451 g/mol. The molecule has 0 saturated carbocycles. The maximum absolute atomic E-state index is 12.9. The molecular weight excluding hydrogens is 418 g/mol. The predicted octanol–water partition coefficient (Wildman–Crippen LogP) is 2.00. The molecule has 0 aromatic heterocycles. The van der Waals surface area contributed by atoms with Crippen molar-refractivity contribution in [2.45, 2.75) is 44.4 Å². The van der Waals surface area contributed by atoms with Gasteiger partial charge < -0.3 is 15.0 Å². The summed E-state index contributed by atoms with van der Waals surface area (Å²) in [7, 11) is -3.53. The van der Waals surface area contributed by atoms with Crippen molar-refractivity contribution in [2.75, 3.05) is 44.3 Å². The molecule has 0 aliphatic carbocycles. The van der Waals surface area contributed by atoms with Gasteiger partial charge in [-0.1, -0.05) is 6.92 Å². The number of carbonyl (C=O) groups is 2. The van der Waals surface area contributed by atoms with Crippen LogP contribution in [0.15, 0.2) is 29.2 Å². The highest BCUT2D eigenvalue weighted by atomic mass is 32.2. The number of hydrogen-bond donors (Lipinski definition) is 1. The van der Waals surface area contributed by atoms with E-state index < -0.39 is 15.9 Å². The fourth-order valence-corrected chi connectivity index (χ4v) is 5.45. The zero-order valence-electron chi connectivity index (χ0n) is 18.4. The van der Waals surface area contributed by atoms with E-state index in [1.807, 2.05) is 6.92 Å². The smallest absolute Gasteiger partial charge is 0.243 e. The summed E-state index contributed by atoms with van der Waals surface area (Å²) in [4.78, 5) is 26.6. The molecule has 3 rings (SSSR count). The lowest BCUT2D eigenvalue weighted by Gasteiger charge is -2.29. The van der Waals surface area contributed by atoms with Gasteiger partial charge >= 0.3 is 0 Å². The molecule has 1 aromatic rings. The summed E-state index contributed by atoms with van der Waals surface area (Å²) in [5, 5.41) is 2.86. The molecule has 1 unspecified atom stereocenters. The Labute approximate surface area is 185 Å². The first-order chi connectivity index (χ1) is 14.8. The van der Waals surface area contributed by atoms with E-state index in [-0.39, 0.29) is 23.1 Å². The molecule has 31 heavy (non-hydrogen) atoms. The number of piperidine rings is 1. The molecule has 172 valence electrons. The molecule has 8 nitrogen and oxygen atoms in total. The quantitative estimate of drug-likeness (QED) is 0.580. The molecule has 2 fully saturated rings. The third-order valence-corrected chi connectivity index (χ3v) is 7.91. The lowest BCUT2D eigenvalue weighted by Crippen LogP contribution is -2.37. The zero-order valence-corrected chi connectivity index (χ0v) is 19.2. The van der Waals surface area contributed by atoms with Gasteiger partial charge in [0, 0.05) is 51.5 Å². The van der Waals surface area contributed by atoms with E-state index in [0.717, 1.165) is 19.3 Å². The summed E-state index contributed by atoms with van der Waals surface area (Å²) >= 11 is 0. The van der Waals surface area contributed by atoms with Crippen LogP contribution in [0.4, 0.5) is 5.69 Å². The van der Waals surface area contributed by atoms with Crippen molar-refractivity contribution >= 4 is 27.5 Å². The van der Waals surface area contributed by atoms with E-state index in [4.69, 9.17) is 4.74 Å². The standard InChI is InChI=1S/C22H33N3O5S/c1-3-30-14-4-11-23-22(27)18-15-21(26)25(16-18)19-5-7-20(8-6-19)31(28,29)24-12-9-17(2)10-13-24/h5-8,17-18H,3-4,9-16H2,1-2H3,(H,23,27). The second kappa shape index (κ2) is 10.6. The number of anilines is 1. The third-order valence-electron chi connectivity index (χ3n) is 5.99. The lowest BCUT2D eigenvalue weighted by molar-refractivity contribution is -0.126. The van der Waals surface area contributed by atoms with Crippen molar-refractivity contribution in [2.24, 2.45) is 11.8 Å². The van der Waals surface area contributed by atoms with Crippen LogP contribution in [-0.2, 0) is 24.3 Å². The number of benzene rings is 1. The van der Waals surface area contributed by atoms with Gasteiger partial charge in [-0.3, -0.25) is 9.59 Å². The minimum absolute atomic E-state index is 0.130. The van der Waals surface area contributed by atoms with E-state index in [1.54, 1.807) is 29.2 Å². The van der Waals surface area contributed by atoms with Gasteiger partial charge in [-0.25, -0.2) is 8.42 Å². The first-order valence-corrected chi connectivity index (χ1v) is 12.5. The van der Waals surface area contributed by atoms with Crippen molar-refractivity contribution in [1.29, 1.82) is 0 Å². The molecule has 0 bridgehead atoms. The molecule has 1 N–H and O–H groups in total. The number of nitrogens with zero attached hydrogens (tertiary/aromatic N) is 2. The summed E-state index contributed by atoms with van der Waals surface area (Å²) in [6, 6.07) is 6.41. The van der Waals surface area contributed by atoms with Gasteiger partial charge in [0.25, 0.3) is 0 Å². The number of carbonyl (C=O) groups excluding carboxylic acids is 2. The first-order valence-electron chi connectivity index (χ1n) is 11.1. The van der Waals surface area contributed by atoms with Gasteiger partial charge in [0.15, 0.2) is 0 Å². The van der Waals surface area contributed by atoms with E-state index in [9.17, 15) is 18.0 Å². The van der Waals surface area contributed by atoms with E-state index >= 15 is 0 Å². The van der Waals surface area contributed by atoms with Crippen molar-refractivity contribution in [1.82, 2.24) is 9.62 Å². The van der Waals surface area contributed by atoms with Gasteiger partial charge in [-0.15, -0.1) is 0 Å². The van der Waals surface area contributed by atoms with Crippen molar-refractivity contribution in [3.63, 3.8) is 0 Å². The molecule has 2 heterocycles. The van der Waals surface area contributed by atoms with Gasteiger partial charge in [-0.05, 0) is 56.4 Å². The molecule has 1 atom stereocenters. The van der Waals surface area contributed by atoms with Crippen molar-refractivity contribution in [3.8, 4) is 0 Å². The van der Waals surface area contributed by atoms with Crippen LogP contribution in [0.25, 0.3) is 0 Å². The summed E-state index contributed by atoms with van der Waals surface area (Å²) in [6.45, 7) is 7.20. The Morgan fingerprint density at radius 3 is 2.52 bits per heavy atom. The van der Waals surface area contributed by atoms with Crippen LogP contribution in [0.3, 0.4) is 0 Å². The normalized spacial score (nSPS) is 20.9. The summed E-state index contributed by atoms with van der Waals surface area (Å²) < 4.78 is 32.6. The number of amides is 2. The second-order valence-corrected chi connectivity index (χ2v) is 10.3. The molecule has 2 amide bonds. The van der Waals surface area contributed by atoms with Crippen molar-refractivity contribution < 1.29 is 22.7 Å². The maximum atomic E-state index is 12.9. The Balaban J connectivity index is 1.58. The van der Waals surface area contributed by atoms with Crippen LogP contribution in [0, 0.1) is 11.8 Å². The fraction of sp³-hybridized carbons (Fsp3) is 0.636. The first kappa shape index (κ1) is 23.7. The number of rotatable bonds is 9. The molecule has 9 heteroatoms. The largest absolute Gasteiger partial charge is 0.382 e. The van der Waals surface area contributed by atoms with Gasteiger partial charge in [-0.2, -0.15) is 4.31 Å². The summed E-state index contributed by atoms with van der Waals surface area (Å²) in [5.41, 5.74) is 0.614. The Morgan fingerprint density at radius 2 is 1.87 bits per heavy atom. The highest BCUT2D eigenvalue weighted by Crippen LogP contribution is 2.28. The highest BCUT2D eigenvalue weighted by molar-refractivity contribution is 7.89. The summed E-state index contributed by atoms with van der Waals surface area (Å²) in [6.07, 6.45) is 2.63. The molecule has 2 aliphatic rings. The van der Waals surface area contributed by atoms with E-state index in [1.165, 1.54) is 4.31 Å². The number of ether oxygens (including phenoxy) is 1. The van der Waals surface area contributed by atoms with Crippen molar-refractivity contribution in [3.05, 3.63) is 24.3 Å². The Bertz CT molecular complexity index is 864. The topological polar surface area (TPSA) is 96.0 Å². The van der Waals surface area contributed by atoms with Gasteiger partial charge in [0.2, 0.25) is 21.8 Å². The zero-order chi connectivity index (χ0) is 22.4. The van der Waals surface area contributed by atoms with E-state index in [2.05, 4.69) is 12.2 Å². The SMILES string of the molecule is CCOCCCNC(=O)C1CC(=O)N(c2ccc(S(=O)(=O)N3CCC(C)CC3)cc2)C1. The molecule has 0 radical (unpaired) electrons. The van der Waals surface area contributed by atoms with Gasteiger partial charge in [0.1, 0.15) is 0 Å². The maximum Gasteiger partial charge on any atom is 0.243 e. The molecule has 1 aromatic carbocycles. The molecule has 2 saturated heterocycles. The van der Waals surface area contributed by atoms with Crippen LogP contribution in [0.5, 0.6) is 0 Å². The van der Waals surface area contributed by atoms with E-state index in [0.29, 0.717) is 51.0 Å². The Morgan fingerprint density at radius 1 is 1.19 bits per heavy atom. The van der Waals surface area contributed by atoms with Crippen LogP contribution in [0.2, 0.25) is 0 Å². The third kappa shape index (κ3) is 5.84. The predicted molar refractivity (Wildman–Crippen MR) is 118 cm³/mol. The average Bonchev–Trinajstić information content (AvgIpc) is 3.15. The minimum atomic E-state index is -3.53.